The van der Waals surface area contributed by atoms with Crippen molar-refractivity contribution in [2.75, 3.05) is 128 Å². The smallest absolute Gasteiger partial charge is 0.329 e. The SMILES string of the molecule is CO[C@H]1C[C@@H]2CC[C@@H](C)[C@@](O)(O2)C(=O)C(=O)N2CCCC[C@H]2C(=O)O[C@H]([C@H](N)C[C@@H]2CC[C@@H](OC(=S)NCc3cnc(N4CCN(C(=O)CCOCCN5CCN(c6ncc(C(=O)N7CCc8cc(Cn9nc(-c%10ccc%11oc(N)nc%11c%10)c%10c(N)ncnc%109)ccc8C7)cn6)CC5)CC4)nc3)[C@H](OC)C2)C[C@@H](OC)[C@H](C)/C=C(\C)[C@@H](O)[C@@H](O)C(=O)[C@H](C)C[C@H](C)/C=C/C=C/C=C/1C. The van der Waals surface area contributed by atoms with Gasteiger partial charge in [0.2, 0.25) is 23.6 Å². The predicted octanol–water partition coefficient (Wildman–Crippen LogP) is 7.58. The van der Waals surface area contributed by atoms with E-state index in [0.717, 1.165) is 53.0 Å². The number of methoxy groups -OCH3 is 3. The molecular weight excluding hydrogens is 1720 g/mol. The van der Waals surface area contributed by atoms with E-state index in [-0.39, 0.29) is 73.6 Å². The number of aliphatic hydroxyl groups excluding tert-OH is 2. The highest BCUT2D eigenvalue weighted by Crippen LogP contribution is 2.40. The van der Waals surface area contributed by atoms with Crippen molar-refractivity contribution in [3.05, 3.63) is 143 Å². The van der Waals surface area contributed by atoms with Gasteiger partial charge in [0.25, 0.3) is 28.8 Å². The number of oxazole rings is 1. The standard InChI is InChI=1S/C96H129N19O17S/c1-57-15-11-10-12-16-58(2)76(125-7)47-70-23-18-62(6)96(124,132-70)86(120)90(122)114-28-14-13-17-73(114)91(123)129-78(48-77(126-8)59(3)42-61(5)84(118)85(119)83(117)60(4)41-57)71(97)44-63-20-24-75(79(45-63)127-9)131-95(133)104-51-65-49-100-93(101-50-65)112-36-34-110(35-37-112)80(116)27-39-128-40-38-109-30-32-111(33-31-109)94-102-52-69(53-103-94)89(121)113-29-26-66-43-64(19-21-68(66)55-113)54-115-88-81(87(98)105-56-106-88)82(108-115)67-22-25-74-72(46-67)107-92(99)130-74/h10-12,15-16,19,21-22,25,42-43,46,49-50,52-53,56-57,59-60,62-63,70-71,73,75-79,84-85,118-119,124H,13-14,17-18,20,23-24,26-41,44-45,47-48,51,54-55,97H2,1-9H3,(H2,99,107)(H,104,133)(H2,98,105,106)/b12-10+,15-11+,58-16+,61-42+/t57-,59-,60-,62-,63+,70+,71-,73+,75-,76+,77-,78+,79-,84-,85+,96-/m1/s1. The van der Waals surface area contributed by atoms with Crippen molar-refractivity contribution in [1.82, 2.24) is 69.6 Å². The van der Waals surface area contributed by atoms with Crippen LogP contribution in [0, 0.1) is 29.6 Å². The second-order valence-corrected chi connectivity index (χ2v) is 37.1. The number of allylic oxidation sites excluding steroid dienone is 5. The highest BCUT2D eigenvalue weighted by molar-refractivity contribution is 7.80. The van der Waals surface area contributed by atoms with Crippen LogP contribution in [0.1, 0.15) is 158 Å². The Labute approximate surface area is 780 Å². The van der Waals surface area contributed by atoms with E-state index in [4.69, 9.17) is 72.1 Å². The Kier molecular flexibility index (Phi) is 33.3. The third-order valence-electron chi connectivity index (χ3n) is 27.4. The first-order chi connectivity index (χ1) is 64.0. The Bertz CT molecular complexity index is 5350. The maximum absolute atomic E-state index is 14.9. The van der Waals surface area contributed by atoms with Crippen LogP contribution >= 0.6 is 12.2 Å². The Hall–Kier alpha value is -10.7. The molecule has 2 bridgehead atoms. The number of hydrogen-bond donors (Lipinski definition) is 7. The van der Waals surface area contributed by atoms with Crippen LogP contribution in [0.2, 0.25) is 0 Å². The molecule has 7 aromatic rings. The molecule has 716 valence electrons. The number of thiocarbonyl (C=S) groups is 1. The Morgan fingerprint density at radius 1 is 0.722 bits per heavy atom. The van der Waals surface area contributed by atoms with Gasteiger partial charge in [-0.25, -0.2) is 39.4 Å². The first kappa shape index (κ1) is 98.3. The van der Waals surface area contributed by atoms with Gasteiger partial charge in [-0.3, -0.25) is 28.9 Å². The largest absolute Gasteiger partial charge is 0.465 e. The van der Waals surface area contributed by atoms with Crippen molar-refractivity contribution in [2.45, 2.75) is 218 Å². The molecule has 1 aliphatic carbocycles. The summed E-state index contributed by atoms with van der Waals surface area (Å²) in [5.41, 5.74) is 28.3. The summed E-state index contributed by atoms with van der Waals surface area (Å²) >= 11 is 5.75. The van der Waals surface area contributed by atoms with E-state index in [1.165, 1.54) is 18.3 Å². The topological polar surface area (TPSA) is 458 Å². The zero-order valence-corrected chi connectivity index (χ0v) is 78.4. The molecule has 0 unspecified atom stereocenters. The minimum atomic E-state index is -2.48. The van der Waals surface area contributed by atoms with Gasteiger partial charge < -0.3 is 99.9 Å². The average molecular weight is 1850 g/mol. The van der Waals surface area contributed by atoms with Gasteiger partial charge in [-0.2, -0.15) is 10.1 Å². The quantitative estimate of drug-likeness (QED) is 0.0120. The summed E-state index contributed by atoms with van der Waals surface area (Å²) in [6, 6.07) is 9.91. The normalized spacial score (nSPS) is 28.4. The Morgan fingerprint density at radius 3 is 2.20 bits per heavy atom. The number of carbonyl (C=O) groups is 6. The fraction of sp³-hybridized carbons (Fsp3) is 0.573. The number of nitrogens with one attached hydrogen (secondary N) is 1. The lowest BCUT2D eigenvalue weighted by molar-refractivity contribution is -0.265. The van der Waals surface area contributed by atoms with Gasteiger partial charge in [0.1, 0.15) is 53.8 Å². The fourth-order valence-electron chi connectivity index (χ4n) is 19.4. The van der Waals surface area contributed by atoms with Gasteiger partial charge in [0.05, 0.1) is 61.5 Å². The number of nitrogen functional groups attached to an aromatic ring is 2. The average Bonchev–Trinajstić information content (AvgIpc) is 1.62. The Morgan fingerprint density at radius 2 is 1.46 bits per heavy atom. The van der Waals surface area contributed by atoms with Crippen molar-refractivity contribution >= 4 is 98.5 Å². The molecule has 7 aliphatic rings. The van der Waals surface area contributed by atoms with E-state index in [2.05, 4.69) is 73.1 Å². The number of piperidine rings is 1. The molecule has 36 nitrogen and oxygen atoms in total. The summed E-state index contributed by atoms with van der Waals surface area (Å²) in [6.07, 6.45) is 18.3. The zero-order chi connectivity index (χ0) is 94.3. The number of anilines is 4. The summed E-state index contributed by atoms with van der Waals surface area (Å²) in [5.74, 6) is -6.54. The number of esters is 1. The van der Waals surface area contributed by atoms with Crippen molar-refractivity contribution in [2.24, 2.45) is 35.3 Å². The summed E-state index contributed by atoms with van der Waals surface area (Å²) < 4.78 is 50.5. The van der Waals surface area contributed by atoms with E-state index in [9.17, 15) is 44.1 Å². The first-order valence-corrected chi connectivity index (χ1v) is 47.0. The van der Waals surface area contributed by atoms with E-state index >= 15 is 0 Å². The number of ether oxygens (including phenoxy) is 7. The van der Waals surface area contributed by atoms with Crippen LogP contribution in [0.4, 0.5) is 23.7 Å². The van der Waals surface area contributed by atoms with Crippen LogP contribution < -0.4 is 32.3 Å². The number of aromatic nitrogens is 9. The molecule has 3 amide bonds. The highest BCUT2D eigenvalue weighted by Gasteiger charge is 2.54. The number of fused-ring (bicyclic) bond motifs is 6. The van der Waals surface area contributed by atoms with Crippen LogP contribution in [-0.2, 0) is 83.2 Å². The molecule has 11 heterocycles. The number of Topliss-reactive ketones (excluding diaryl/α,β-unsaturated/α-hetero) is 2. The van der Waals surface area contributed by atoms with Gasteiger partial charge in [-0.1, -0.05) is 82.4 Å². The van der Waals surface area contributed by atoms with Gasteiger partial charge in [-0.05, 0) is 155 Å². The number of benzene rings is 2. The number of aliphatic hydroxyl groups is 3. The molecule has 1 saturated carbocycles. The molecule has 10 N–H and O–H groups in total. The zero-order valence-electron chi connectivity index (χ0n) is 77.6. The molecule has 14 rings (SSSR count). The number of nitrogens with zero attached hydrogens (tertiary/aromatic N) is 15. The molecule has 0 radical (unpaired) electrons. The van der Waals surface area contributed by atoms with Gasteiger partial charge in [0.15, 0.2) is 17.0 Å². The third-order valence-corrected chi connectivity index (χ3v) is 27.7. The van der Waals surface area contributed by atoms with E-state index in [1.807, 2.05) is 77.8 Å². The number of cyclic esters (lactones) is 1. The van der Waals surface area contributed by atoms with Crippen molar-refractivity contribution in [1.29, 1.82) is 0 Å². The Balaban J connectivity index is 0.500. The molecule has 5 aromatic heterocycles. The second kappa shape index (κ2) is 45.1. The molecule has 0 spiro atoms. The number of hydrogen-bond acceptors (Lipinski definition) is 32. The fourth-order valence-corrected chi connectivity index (χ4v) is 19.6. The van der Waals surface area contributed by atoms with Crippen molar-refractivity contribution in [3.8, 4) is 11.3 Å². The van der Waals surface area contributed by atoms with Crippen molar-refractivity contribution in [3.63, 3.8) is 0 Å². The molecule has 4 saturated heterocycles. The second-order valence-electron chi connectivity index (χ2n) is 36.7. The molecule has 6 aliphatic heterocycles. The number of carbonyl (C=O) groups excluding carboxylic acids is 6. The lowest BCUT2D eigenvalue weighted by Crippen LogP contribution is -2.61. The van der Waals surface area contributed by atoms with Crippen LogP contribution in [-0.4, -0.2) is 293 Å². The van der Waals surface area contributed by atoms with Crippen LogP contribution in [0.15, 0.2) is 120 Å². The maximum Gasteiger partial charge on any atom is 0.329 e. The van der Waals surface area contributed by atoms with Gasteiger partial charge >= 0.3 is 5.97 Å². The lowest BCUT2D eigenvalue weighted by atomic mass is 9.80. The summed E-state index contributed by atoms with van der Waals surface area (Å²) in [5, 5.41) is 44.0. The van der Waals surface area contributed by atoms with Crippen LogP contribution in [0.3, 0.4) is 0 Å². The highest BCUT2D eigenvalue weighted by atomic mass is 32.1. The predicted molar refractivity (Wildman–Crippen MR) is 501 cm³/mol. The van der Waals surface area contributed by atoms with Gasteiger partial charge in [-0.15, -0.1) is 0 Å². The van der Waals surface area contributed by atoms with E-state index in [0.29, 0.717) is 193 Å². The minimum absolute atomic E-state index is 0.0304. The molecule has 5 fully saturated rings. The molecule has 16 atom stereocenters. The molecule has 2 aromatic carbocycles. The van der Waals surface area contributed by atoms with E-state index < -0.39 is 108 Å². The number of ketones is 2. The third kappa shape index (κ3) is 24.2. The monoisotopic (exact) mass is 1850 g/mol. The summed E-state index contributed by atoms with van der Waals surface area (Å²) in [4.78, 5) is 128. The van der Waals surface area contributed by atoms with E-state index in [1.54, 1.807) is 71.9 Å². The maximum atomic E-state index is 14.9. The van der Waals surface area contributed by atoms with Gasteiger partial charge in [0, 0.05) is 179 Å². The number of nitrogens with two attached hydrogens (primary N) is 3. The molecular formula is C96H129N19O17S. The minimum Gasteiger partial charge on any atom is -0.465 e. The lowest BCUT2D eigenvalue weighted by Gasteiger charge is -2.43. The number of rotatable bonds is 21. The first-order valence-electron chi connectivity index (χ1n) is 46.6. The van der Waals surface area contributed by atoms with Crippen LogP contribution in [0.5, 0.6) is 0 Å². The van der Waals surface area contributed by atoms with Crippen LogP contribution in [0.25, 0.3) is 33.4 Å². The summed E-state index contributed by atoms with van der Waals surface area (Å²) in [6.45, 7) is 19.2. The number of amides is 3. The summed E-state index contributed by atoms with van der Waals surface area (Å²) in [7, 11) is 4.69. The molecule has 37 heteroatoms. The number of piperazine rings is 2. The molecule has 133 heavy (non-hydrogen) atoms. The van der Waals surface area contributed by atoms with Crippen molar-refractivity contribution < 1.29 is 81.7 Å².